The molecule has 24 heavy (non-hydrogen) atoms. The maximum atomic E-state index is 12.6. The lowest BCUT2D eigenvalue weighted by Gasteiger charge is -2.09. The van der Waals surface area contributed by atoms with Gasteiger partial charge in [0.05, 0.1) is 18.1 Å². The highest BCUT2D eigenvalue weighted by atomic mass is 32.2. The van der Waals surface area contributed by atoms with E-state index in [9.17, 15) is 4.79 Å². The summed E-state index contributed by atoms with van der Waals surface area (Å²) >= 11 is 1.52. The lowest BCUT2D eigenvalue weighted by atomic mass is 10.0. The number of thioether (sulfide) groups is 1. The largest absolute Gasteiger partial charge is 0.383 e. The molecule has 0 saturated heterocycles. The van der Waals surface area contributed by atoms with E-state index in [0.29, 0.717) is 12.4 Å². The third-order valence-electron chi connectivity index (χ3n) is 4.69. The summed E-state index contributed by atoms with van der Waals surface area (Å²) in [5.41, 5.74) is 5.73. The Kier molecular flexibility index (Phi) is 5.41. The Bertz CT molecular complexity index is 752. The van der Waals surface area contributed by atoms with Gasteiger partial charge in [-0.1, -0.05) is 23.9 Å². The van der Waals surface area contributed by atoms with Gasteiger partial charge < -0.3 is 9.30 Å². The first-order chi connectivity index (χ1) is 11.6. The van der Waals surface area contributed by atoms with Gasteiger partial charge in [-0.15, -0.1) is 0 Å². The monoisotopic (exact) mass is 344 g/mol. The number of hydrogen-bond acceptors (Lipinski definition) is 4. The summed E-state index contributed by atoms with van der Waals surface area (Å²) in [5.74, 6) is 0.591. The van der Waals surface area contributed by atoms with Crippen molar-refractivity contribution in [1.29, 1.82) is 0 Å². The Hall–Kier alpha value is -1.59. The maximum Gasteiger partial charge on any atom is 0.173 e. The lowest BCUT2D eigenvalue weighted by molar-refractivity contribution is 0.102. The first-order valence-electron chi connectivity index (χ1n) is 8.40. The number of benzene rings is 1. The minimum Gasteiger partial charge on any atom is -0.383 e. The zero-order valence-corrected chi connectivity index (χ0v) is 15.4. The Morgan fingerprint density at radius 2 is 2.08 bits per heavy atom. The fourth-order valence-electron chi connectivity index (χ4n) is 3.14. The zero-order chi connectivity index (χ0) is 17.1. The summed E-state index contributed by atoms with van der Waals surface area (Å²) in [6, 6.07) is 6.17. The van der Waals surface area contributed by atoms with Crippen LogP contribution in [0.25, 0.3) is 0 Å². The van der Waals surface area contributed by atoms with Crippen molar-refractivity contribution in [3.8, 4) is 0 Å². The summed E-state index contributed by atoms with van der Waals surface area (Å²) in [5, 5.41) is 0.900. The predicted molar refractivity (Wildman–Crippen MR) is 97.1 cm³/mol. The molecule has 4 nitrogen and oxygen atoms in total. The molecule has 1 aliphatic rings. The molecule has 0 radical (unpaired) electrons. The van der Waals surface area contributed by atoms with Crippen molar-refractivity contribution >= 4 is 17.5 Å². The van der Waals surface area contributed by atoms with Gasteiger partial charge in [0.1, 0.15) is 0 Å². The summed E-state index contributed by atoms with van der Waals surface area (Å²) in [6.07, 6.45) is 3.45. The highest BCUT2D eigenvalue weighted by Gasteiger charge is 2.16. The predicted octanol–water partition coefficient (Wildman–Crippen LogP) is 3.61. The second-order valence-corrected chi connectivity index (χ2v) is 7.20. The number of methoxy groups -OCH3 is 1. The number of imidazole rings is 1. The van der Waals surface area contributed by atoms with E-state index in [1.54, 1.807) is 7.11 Å². The molecule has 0 saturated carbocycles. The zero-order valence-electron chi connectivity index (χ0n) is 14.6. The molecule has 5 heteroatoms. The number of rotatable bonds is 7. The summed E-state index contributed by atoms with van der Waals surface area (Å²) in [6.45, 7) is 5.47. The van der Waals surface area contributed by atoms with Crippen LogP contribution in [0, 0.1) is 13.8 Å². The van der Waals surface area contributed by atoms with Crippen molar-refractivity contribution in [3.63, 3.8) is 0 Å². The molecule has 0 atom stereocenters. The lowest BCUT2D eigenvalue weighted by Crippen LogP contribution is -2.09. The van der Waals surface area contributed by atoms with E-state index in [1.165, 1.54) is 29.3 Å². The highest BCUT2D eigenvalue weighted by Crippen LogP contribution is 2.25. The average Bonchev–Trinajstić information content (AvgIpc) is 3.15. The maximum absolute atomic E-state index is 12.6. The van der Waals surface area contributed by atoms with Gasteiger partial charge in [-0.05, 0) is 50.3 Å². The molecular formula is C19H24N2O2S. The molecule has 0 aliphatic heterocycles. The molecular weight excluding hydrogens is 320 g/mol. The topological polar surface area (TPSA) is 44.1 Å². The molecule has 3 rings (SSSR count). The number of aromatic nitrogens is 2. The molecule has 0 spiro atoms. The van der Waals surface area contributed by atoms with Crippen LogP contribution in [-0.4, -0.2) is 34.8 Å². The van der Waals surface area contributed by atoms with E-state index < -0.39 is 0 Å². The van der Waals surface area contributed by atoms with Crippen LogP contribution in [0.1, 0.15) is 39.3 Å². The number of aryl methyl sites for hydroxylation is 3. The van der Waals surface area contributed by atoms with Crippen LogP contribution in [0.2, 0.25) is 0 Å². The van der Waals surface area contributed by atoms with Crippen molar-refractivity contribution in [2.45, 2.75) is 44.8 Å². The van der Waals surface area contributed by atoms with E-state index in [2.05, 4.69) is 28.6 Å². The number of carbonyl (C=O) groups excluding carboxylic acids is 1. The van der Waals surface area contributed by atoms with Gasteiger partial charge in [-0.2, -0.15) is 0 Å². The van der Waals surface area contributed by atoms with Crippen molar-refractivity contribution in [1.82, 2.24) is 9.55 Å². The second kappa shape index (κ2) is 7.53. The van der Waals surface area contributed by atoms with Crippen LogP contribution < -0.4 is 0 Å². The number of nitrogens with zero attached hydrogens (tertiary/aromatic N) is 2. The number of ketones is 1. The second-order valence-electron chi connectivity index (χ2n) is 6.26. The highest BCUT2D eigenvalue weighted by molar-refractivity contribution is 7.99. The normalized spacial score (nSPS) is 13.3. The van der Waals surface area contributed by atoms with Crippen molar-refractivity contribution in [2.24, 2.45) is 0 Å². The smallest absolute Gasteiger partial charge is 0.173 e. The third kappa shape index (κ3) is 3.57. The van der Waals surface area contributed by atoms with E-state index in [-0.39, 0.29) is 5.78 Å². The number of Topliss-reactive ketones (excluding diaryl/α,β-unsaturated/α-hetero) is 1. The van der Waals surface area contributed by atoms with Gasteiger partial charge in [0.15, 0.2) is 10.9 Å². The van der Waals surface area contributed by atoms with Crippen molar-refractivity contribution < 1.29 is 9.53 Å². The molecule has 0 fully saturated rings. The van der Waals surface area contributed by atoms with Gasteiger partial charge in [-0.25, -0.2) is 4.98 Å². The van der Waals surface area contributed by atoms with Crippen LogP contribution in [-0.2, 0) is 24.1 Å². The molecule has 0 amide bonds. The van der Waals surface area contributed by atoms with Crippen molar-refractivity contribution in [2.75, 3.05) is 19.5 Å². The van der Waals surface area contributed by atoms with Gasteiger partial charge in [0, 0.05) is 24.9 Å². The number of ether oxygens (including phenoxy) is 1. The standard InChI is InChI=1S/C19H24N2O2S/c1-13-14(2)21(9-10-23-3)19(20-13)24-12-18(22)17-8-7-15-5-4-6-16(15)11-17/h7-8,11H,4-6,9-10,12H2,1-3H3. The van der Waals surface area contributed by atoms with Crippen LogP contribution in [0.4, 0.5) is 0 Å². The molecule has 1 aromatic carbocycles. The minimum atomic E-state index is 0.172. The fraction of sp³-hybridized carbons (Fsp3) is 0.474. The fourth-order valence-corrected chi connectivity index (χ4v) is 4.15. The quantitative estimate of drug-likeness (QED) is 0.568. The van der Waals surface area contributed by atoms with E-state index >= 15 is 0 Å². The number of fused-ring (bicyclic) bond motifs is 1. The van der Waals surface area contributed by atoms with E-state index in [4.69, 9.17) is 4.74 Å². The SMILES string of the molecule is COCCn1c(SCC(=O)c2ccc3c(c2)CCC3)nc(C)c1C. The molecule has 0 bridgehead atoms. The van der Waals surface area contributed by atoms with Gasteiger partial charge in [-0.3, -0.25) is 4.79 Å². The van der Waals surface area contributed by atoms with Crippen molar-refractivity contribution in [3.05, 3.63) is 46.3 Å². The Balaban J connectivity index is 1.69. The van der Waals surface area contributed by atoms with E-state index in [1.807, 2.05) is 13.0 Å². The van der Waals surface area contributed by atoms with Crippen LogP contribution in [0.15, 0.2) is 23.4 Å². The minimum absolute atomic E-state index is 0.172. The summed E-state index contributed by atoms with van der Waals surface area (Å²) < 4.78 is 7.32. The van der Waals surface area contributed by atoms with Crippen LogP contribution in [0.3, 0.4) is 0 Å². The molecule has 2 aromatic rings. The number of carbonyl (C=O) groups is 1. The Morgan fingerprint density at radius 3 is 2.88 bits per heavy atom. The molecule has 128 valence electrons. The van der Waals surface area contributed by atoms with Gasteiger partial charge in [0.2, 0.25) is 0 Å². The van der Waals surface area contributed by atoms with Gasteiger partial charge >= 0.3 is 0 Å². The molecule has 1 heterocycles. The van der Waals surface area contributed by atoms with Crippen LogP contribution >= 0.6 is 11.8 Å². The Morgan fingerprint density at radius 1 is 1.29 bits per heavy atom. The molecule has 1 aromatic heterocycles. The first kappa shape index (κ1) is 17.2. The Labute approximate surface area is 147 Å². The molecule has 0 N–H and O–H groups in total. The molecule has 1 aliphatic carbocycles. The summed E-state index contributed by atoms with van der Waals surface area (Å²) in [4.78, 5) is 17.2. The third-order valence-corrected chi connectivity index (χ3v) is 5.67. The summed E-state index contributed by atoms with van der Waals surface area (Å²) in [7, 11) is 1.70. The van der Waals surface area contributed by atoms with Crippen LogP contribution in [0.5, 0.6) is 0 Å². The van der Waals surface area contributed by atoms with Gasteiger partial charge in [0.25, 0.3) is 0 Å². The molecule has 0 unspecified atom stereocenters. The number of hydrogen-bond donors (Lipinski definition) is 0. The average molecular weight is 344 g/mol. The van der Waals surface area contributed by atoms with E-state index in [0.717, 1.165) is 41.5 Å². The first-order valence-corrected chi connectivity index (χ1v) is 9.39.